The van der Waals surface area contributed by atoms with Crippen molar-refractivity contribution in [2.24, 2.45) is 0 Å². The molecule has 0 spiro atoms. The van der Waals surface area contributed by atoms with E-state index in [-0.39, 0.29) is 12.6 Å². The molecule has 0 fully saturated rings. The van der Waals surface area contributed by atoms with Gasteiger partial charge in [0.1, 0.15) is 18.9 Å². The zero-order chi connectivity index (χ0) is 14.4. The summed E-state index contributed by atoms with van der Waals surface area (Å²) in [6.07, 6.45) is 0.962. The number of aliphatic hydroxyl groups is 1. The molecule has 108 valence electrons. The summed E-state index contributed by atoms with van der Waals surface area (Å²) in [5, 5.41) is 13.1. The third-order valence-corrected chi connectivity index (χ3v) is 3.46. The zero-order valence-corrected chi connectivity index (χ0v) is 12.4. The minimum Gasteiger partial charge on any atom is -0.473 e. The van der Waals surface area contributed by atoms with Crippen LogP contribution in [0, 0.1) is 6.92 Å². The van der Waals surface area contributed by atoms with Crippen molar-refractivity contribution in [1.29, 1.82) is 0 Å². The van der Waals surface area contributed by atoms with Crippen molar-refractivity contribution >= 4 is 11.7 Å². The molecule has 0 radical (unpaired) electrons. The minimum atomic E-state index is -0.579. The summed E-state index contributed by atoms with van der Waals surface area (Å²) in [6, 6.07) is 8.55. The molecule has 2 rings (SSSR count). The van der Waals surface area contributed by atoms with E-state index in [0.717, 1.165) is 11.7 Å². The number of hydrogen-bond donors (Lipinski definition) is 2. The molecule has 0 amide bonds. The molecule has 1 aromatic heterocycles. The molecule has 0 aliphatic heterocycles. The summed E-state index contributed by atoms with van der Waals surface area (Å²) in [5.74, 6) is 0.459. The molecule has 0 saturated carbocycles. The number of aliphatic hydroxyl groups excluding tert-OH is 1. The highest BCUT2D eigenvalue weighted by molar-refractivity contribution is 6.99. The predicted molar refractivity (Wildman–Crippen MR) is 79.0 cm³/mol. The maximum Gasteiger partial charge on any atom is 0.245 e. The number of hydrogen-bond acceptors (Lipinski definition) is 6. The van der Waals surface area contributed by atoms with Gasteiger partial charge in [-0.15, -0.1) is 4.37 Å². The lowest BCUT2D eigenvalue weighted by Crippen LogP contribution is -2.33. The fourth-order valence-corrected chi connectivity index (χ4v) is 2.11. The summed E-state index contributed by atoms with van der Waals surface area (Å²) in [5.41, 5.74) is 2.44. The van der Waals surface area contributed by atoms with Crippen molar-refractivity contribution in [2.75, 3.05) is 13.2 Å². The van der Waals surface area contributed by atoms with E-state index in [2.05, 4.69) is 52.2 Å². The number of nitrogens with one attached hydrogen (secondary N) is 1. The molecular weight excluding hydrogens is 274 g/mol. The molecule has 2 N–H and O–H groups in total. The molecule has 0 bridgehead atoms. The van der Waals surface area contributed by atoms with Gasteiger partial charge < -0.3 is 15.2 Å². The van der Waals surface area contributed by atoms with Crippen molar-refractivity contribution in [1.82, 2.24) is 14.1 Å². The third kappa shape index (κ3) is 4.56. The van der Waals surface area contributed by atoms with Crippen LogP contribution in [0.25, 0.3) is 0 Å². The number of ether oxygens (including phenoxy) is 1. The lowest BCUT2D eigenvalue weighted by Gasteiger charge is -2.17. The van der Waals surface area contributed by atoms with Crippen LogP contribution in [0.3, 0.4) is 0 Å². The van der Waals surface area contributed by atoms with Gasteiger partial charge in [0, 0.05) is 12.6 Å². The summed E-state index contributed by atoms with van der Waals surface area (Å²) in [4.78, 5) is 0. The molecule has 0 saturated heterocycles. The van der Waals surface area contributed by atoms with Gasteiger partial charge in [0.2, 0.25) is 5.88 Å². The molecule has 6 heteroatoms. The van der Waals surface area contributed by atoms with Gasteiger partial charge in [-0.2, -0.15) is 4.37 Å². The highest BCUT2D eigenvalue weighted by Crippen LogP contribution is 2.13. The van der Waals surface area contributed by atoms with Gasteiger partial charge in [-0.1, -0.05) is 29.8 Å². The topological polar surface area (TPSA) is 67.3 Å². The largest absolute Gasteiger partial charge is 0.473 e. The van der Waals surface area contributed by atoms with E-state index in [4.69, 9.17) is 4.74 Å². The van der Waals surface area contributed by atoms with Gasteiger partial charge in [-0.25, -0.2) is 0 Å². The zero-order valence-electron chi connectivity index (χ0n) is 11.6. The van der Waals surface area contributed by atoms with E-state index in [1.54, 1.807) is 6.20 Å². The van der Waals surface area contributed by atoms with Crippen LogP contribution >= 0.6 is 11.7 Å². The SMILES string of the molecule is Cc1ccc([C@@H](C)NCC(O)COc2cnsn2)cc1. The Bertz CT molecular complexity index is 502. The summed E-state index contributed by atoms with van der Waals surface area (Å²) in [7, 11) is 0. The highest BCUT2D eigenvalue weighted by atomic mass is 32.1. The number of aromatic nitrogens is 2. The van der Waals surface area contributed by atoms with Crippen molar-refractivity contribution < 1.29 is 9.84 Å². The average molecular weight is 293 g/mol. The van der Waals surface area contributed by atoms with E-state index in [0.29, 0.717) is 12.4 Å². The van der Waals surface area contributed by atoms with Crippen LogP contribution in [-0.4, -0.2) is 33.1 Å². The second kappa shape index (κ2) is 7.33. The van der Waals surface area contributed by atoms with Crippen LogP contribution < -0.4 is 10.1 Å². The highest BCUT2D eigenvalue weighted by Gasteiger charge is 2.10. The Morgan fingerprint density at radius 1 is 1.35 bits per heavy atom. The molecule has 0 aliphatic rings. The molecule has 2 aromatic rings. The normalized spacial score (nSPS) is 13.9. The first kappa shape index (κ1) is 14.9. The Morgan fingerprint density at radius 3 is 2.75 bits per heavy atom. The van der Waals surface area contributed by atoms with Crippen molar-refractivity contribution in [3.8, 4) is 5.88 Å². The monoisotopic (exact) mass is 293 g/mol. The van der Waals surface area contributed by atoms with Crippen LogP contribution in [0.1, 0.15) is 24.1 Å². The van der Waals surface area contributed by atoms with Gasteiger partial charge in [-0.3, -0.25) is 0 Å². The smallest absolute Gasteiger partial charge is 0.245 e. The molecule has 1 heterocycles. The molecule has 1 aromatic carbocycles. The fraction of sp³-hybridized carbons (Fsp3) is 0.429. The van der Waals surface area contributed by atoms with E-state index in [9.17, 15) is 5.11 Å². The number of aryl methyl sites for hydroxylation is 1. The first-order chi connectivity index (χ1) is 9.65. The predicted octanol–water partition coefficient (Wildman–Crippen LogP) is 1.94. The van der Waals surface area contributed by atoms with Crippen LogP contribution in [0.15, 0.2) is 30.5 Å². The Labute approximate surface area is 122 Å². The van der Waals surface area contributed by atoms with E-state index >= 15 is 0 Å². The molecule has 5 nitrogen and oxygen atoms in total. The maximum absolute atomic E-state index is 9.86. The molecule has 0 aliphatic carbocycles. The fourth-order valence-electron chi connectivity index (χ4n) is 1.75. The molecule has 1 unspecified atom stereocenters. The molecule has 2 atom stereocenters. The first-order valence-electron chi connectivity index (χ1n) is 6.53. The number of rotatable bonds is 7. The Kier molecular flexibility index (Phi) is 5.46. The van der Waals surface area contributed by atoms with Crippen LogP contribution in [0.4, 0.5) is 0 Å². The Morgan fingerprint density at radius 2 is 2.10 bits per heavy atom. The quantitative estimate of drug-likeness (QED) is 0.816. The summed E-state index contributed by atoms with van der Waals surface area (Å²) in [6.45, 7) is 4.81. The second-order valence-electron chi connectivity index (χ2n) is 4.75. The molecule has 20 heavy (non-hydrogen) atoms. The lowest BCUT2D eigenvalue weighted by atomic mass is 10.1. The van der Waals surface area contributed by atoms with E-state index in [1.807, 2.05) is 0 Å². The maximum atomic E-state index is 9.86. The standard InChI is InChI=1S/C14H19N3O2S/c1-10-3-5-12(6-4-10)11(2)15-7-13(18)9-19-14-8-16-20-17-14/h3-6,8,11,13,15,18H,7,9H2,1-2H3/t11-,13?/m1/s1. The van der Waals surface area contributed by atoms with Crippen molar-refractivity contribution in [3.05, 3.63) is 41.6 Å². The van der Waals surface area contributed by atoms with Gasteiger partial charge in [-0.05, 0) is 19.4 Å². The van der Waals surface area contributed by atoms with Crippen LogP contribution in [-0.2, 0) is 0 Å². The average Bonchev–Trinajstić information content (AvgIpc) is 2.96. The van der Waals surface area contributed by atoms with Gasteiger partial charge in [0.25, 0.3) is 0 Å². The van der Waals surface area contributed by atoms with Crippen LogP contribution in [0.5, 0.6) is 5.88 Å². The summed E-state index contributed by atoms with van der Waals surface area (Å²) >= 11 is 1.09. The number of nitrogens with zero attached hydrogens (tertiary/aromatic N) is 2. The van der Waals surface area contributed by atoms with Gasteiger partial charge in [0.15, 0.2) is 0 Å². The van der Waals surface area contributed by atoms with Crippen molar-refractivity contribution in [2.45, 2.75) is 26.0 Å². The van der Waals surface area contributed by atoms with Crippen molar-refractivity contribution in [3.63, 3.8) is 0 Å². The number of benzene rings is 1. The van der Waals surface area contributed by atoms with E-state index in [1.165, 1.54) is 11.1 Å². The lowest BCUT2D eigenvalue weighted by molar-refractivity contribution is 0.102. The Balaban J connectivity index is 1.72. The molecular formula is C14H19N3O2S. The van der Waals surface area contributed by atoms with Gasteiger partial charge in [0.05, 0.1) is 11.7 Å². The van der Waals surface area contributed by atoms with Gasteiger partial charge >= 0.3 is 0 Å². The third-order valence-electron chi connectivity index (χ3n) is 3.00. The first-order valence-corrected chi connectivity index (χ1v) is 7.26. The second-order valence-corrected chi connectivity index (χ2v) is 5.31. The minimum absolute atomic E-state index is 0.186. The Hall–Kier alpha value is -1.50. The van der Waals surface area contributed by atoms with E-state index < -0.39 is 6.10 Å². The summed E-state index contributed by atoms with van der Waals surface area (Å²) < 4.78 is 13.1. The van der Waals surface area contributed by atoms with Crippen LogP contribution in [0.2, 0.25) is 0 Å².